The Bertz CT molecular complexity index is 1030. The first-order valence-electron chi connectivity index (χ1n) is 8.23. The number of aryl methyl sites for hydroxylation is 1. The summed E-state index contributed by atoms with van der Waals surface area (Å²) >= 11 is 0. The molecule has 1 fully saturated rings. The van der Waals surface area contributed by atoms with Gasteiger partial charge < -0.3 is 5.32 Å². The molecular weight excluding hydrogens is 312 g/mol. The molecule has 1 amide bonds. The van der Waals surface area contributed by atoms with E-state index in [4.69, 9.17) is 5.26 Å². The third-order valence-electron chi connectivity index (χ3n) is 4.49. The summed E-state index contributed by atoms with van der Waals surface area (Å²) in [5.41, 5.74) is 4.06. The summed E-state index contributed by atoms with van der Waals surface area (Å²) in [6, 6.07) is 14.0. The Hall–Kier alpha value is -3.26. The summed E-state index contributed by atoms with van der Waals surface area (Å²) < 4.78 is 0. The number of benzene rings is 2. The molecule has 1 N–H and O–H groups in total. The number of fused-ring (bicyclic) bond motifs is 1. The van der Waals surface area contributed by atoms with Crippen LogP contribution in [0.3, 0.4) is 0 Å². The zero-order valence-corrected chi connectivity index (χ0v) is 13.8. The molecule has 1 saturated carbocycles. The minimum atomic E-state index is -0.0258. The molecule has 0 saturated heterocycles. The Labute approximate surface area is 145 Å². The Morgan fingerprint density at radius 1 is 1.24 bits per heavy atom. The fourth-order valence-corrected chi connectivity index (χ4v) is 2.91. The van der Waals surface area contributed by atoms with Crippen molar-refractivity contribution in [3.63, 3.8) is 0 Å². The fourth-order valence-electron chi connectivity index (χ4n) is 2.91. The van der Waals surface area contributed by atoms with Crippen molar-refractivity contribution in [3.8, 4) is 17.2 Å². The Morgan fingerprint density at radius 2 is 2.08 bits per heavy atom. The van der Waals surface area contributed by atoms with E-state index in [1.54, 1.807) is 6.20 Å². The maximum absolute atomic E-state index is 12.3. The van der Waals surface area contributed by atoms with E-state index in [2.05, 4.69) is 21.6 Å². The van der Waals surface area contributed by atoms with Crippen LogP contribution < -0.4 is 5.32 Å². The van der Waals surface area contributed by atoms with Gasteiger partial charge >= 0.3 is 0 Å². The van der Waals surface area contributed by atoms with Gasteiger partial charge in [0.1, 0.15) is 6.07 Å². The molecule has 122 valence electrons. The first kappa shape index (κ1) is 15.3. The topological polar surface area (TPSA) is 78.7 Å². The molecule has 0 bridgehead atoms. The summed E-state index contributed by atoms with van der Waals surface area (Å²) in [5, 5.41) is 21.5. The van der Waals surface area contributed by atoms with E-state index >= 15 is 0 Å². The molecule has 1 aliphatic carbocycles. The lowest BCUT2D eigenvalue weighted by atomic mass is 9.96. The van der Waals surface area contributed by atoms with Crippen molar-refractivity contribution in [2.75, 3.05) is 0 Å². The Balaban J connectivity index is 1.77. The Morgan fingerprint density at radius 3 is 2.84 bits per heavy atom. The van der Waals surface area contributed by atoms with Gasteiger partial charge in [-0.25, -0.2) is 0 Å². The van der Waals surface area contributed by atoms with Crippen molar-refractivity contribution in [1.29, 1.82) is 5.26 Å². The number of aromatic nitrogens is 2. The molecule has 0 aliphatic heterocycles. The van der Waals surface area contributed by atoms with Gasteiger partial charge in [0, 0.05) is 22.4 Å². The van der Waals surface area contributed by atoms with Crippen LogP contribution in [0, 0.1) is 18.3 Å². The number of hydrogen-bond donors (Lipinski definition) is 1. The molecule has 0 unspecified atom stereocenters. The number of carbonyl (C=O) groups is 1. The average molecular weight is 328 g/mol. The second-order valence-electron chi connectivity index (χ2n) is 6.38. The van der Waals surface area contributed by atoms with Crippen molar-refractivity contribution in [2.24, 2.45) is 0 Å². The van der Waals surface area contributed by atoms with Crippen molar-refractivity contribution in [1.82, 2.24) is 15.5 Å². The number of nitrogens with one attached hydrogen (secondary N) is 1. The van der Waals surface area contributed by atoms with Crippen LogP contribution in [-0.4, -0.2) is 22.1 Å². The molecule has 2 aromatic carbocycles. The molecule has 25 heavy (non-hydrogen) atoms. The quantitative estimate of drug-likeness (QED) is 0.799. The van der Waals surface area contributed by atoms with Gasteiger partial charge in [0.05, 0.1) is 6.20 Å². The van der Waals surface area contributed by atoms with Gasteiger partial charge in [0.15, 0.2) is 5.69 Å². The van der Waals surface area contributed by atoms with E-state index in [-0.39, 0.29) is 5.91 Å². The zero-order valence-electron chi connectivity index (χ0n) is 13.8. The van der Waals surface area contributed by atoms with E-state index in [0.29, 0.717) is 17.3 Å². The standard InChI is InChI=1S/C20H16N4O/c1-12-2-3-14(20(25)23-16-5-6-16)9-18(12)13-4-7-17-15(8-13)11-22-24-19(17)10-21/h2-4,7-9,11,16H,5-6H2,1H3,(H,23,25). The molecule has 5 heteroatoms. The van der Waals surface area contributed by atoms with Crippen molar-refractivity contribution >= 4 is 16.7 Å². The van der Waals surface area contributed by atoms with Gasteiger partial charge in [0.25, 0.3) is 5.91 Å². The predicted octanol–water partition coefficient (Wildman–Crippen LogP) is 3.37. The first-order chi connectivity index (χ1) is 12.2. The van der Waals surface area contributed by atoms with Gasteiger partial charge in [-0.1, -0.05) is 18.2 Å². The first-order valence-corrected chi connectivity index (χ1v) is 8.23. The molecule has 0 radical (unpaired) electrons. The van der Waals surface area contributed by atoms with E-state index in [1.807, 2.05) is 43.3 Å². The summed E-state index contributed by atoms with van der Waals surface area (Å²) in [5.74, 6) is -0.0258. The minimum absolute atomic E-state index is 0.0258. The number of nitrogens with zero attached hydrogens (tertiary/aromatic N) is 3. The molecular formula is C20H16N4O. The second kappa shape index (κ2) is 5.99. The van der Waals surface area contributed by atoms with Gasteiger partial charge in [-0.3, -0.25) is 4.79 Å². The summed E-state index contributed by atoms with van der Waals surface area (Å²) in [7, 11) is 0. The second-order valence-corrected chi connectivity index (χ2v) is 6.38. The van der Waals surface area contributed by atoms with E-state index in [0.717, 1.165) is 40.3 Å². The van der Waals surface area contributed by atoms with E-state index in [9.17, 15) is 4.79 Å². The number of nitriles is 1. The maximum atomic E-state index is 12.3. The lowest BCUT2D eigenvalue weighted by molar-refractivity contribution is 0.0951. The molecule has 1 heterocycles. The van der Waals surface area contributed by atoms with Crippen LogP contribution in [-0.2, 0) is 0 Å². The minimum Gasteiger partial charge on any atom is -0.349 e. The van der Waals surface area contributed by atoms with E-state index < -0.39 is 0 Å². The highest BCUT2D eigenvalue weighted by Gasteiger charge is 2.24. The predicted molar refractivity (Wildman–Crippen MR) is 94.9 cm³/mol. The molecule has 1 aliphatic rings. The summed E-state index contributed by atoms with van der Waals surface area (Å²) in [6.45, 7) is 2.02. The highest BCUT2D eigenvalue weighted by Crippen LogP contribution is 2.29. The monoisotopic (exact) mass is 328 g/mol. The molecule has 0 spiro atoms. The van der Waals surface area contributed by atoms with Crippen LogP contribution in [0.25, 0.3) is 21.9 Å². The molecule has 5 nitrogen and oxygen atoms in total. The lowest BCUT2D eigenvalue weighted by Gasteiger charge is -2.10. The molecule has 4 rings (SSSR count). The van der Waals surface area contributed by atoms with Crippen LogP contribution in [0.1, 0.15) is 34.5 Å². The highest BCUT2D eigenvalue weighted by molar-refractivity contribution is 5.97. The van der Waals surface area contributed by atoms with Crippen molar-refractivity contribution in [3.05, 3.63) is 59.4 Å². The highest BCUT2D eigenvalue weighted by atomic mass is 16.1. The largest absolute Gasteiger partial charge is 0.349 e. The number of amides is 1. The van der Waals surface area contributed by atoms with E-state index in [1.165, 1.54) is 0 Å². The maximum Gasteiger partial charge on any atom is 0.251 e. The van der Waals surface area contributed by atoms with Crippen molar-refractivity contribution in [2.45, 2.75) is 25.8 Å². The smallest absolute Gasteiger partial charge is 0.251 e. The molecule has 1 aromatic heterocycles. The van der Waals surface area contributed by atoms with Crippen LogP contribution in [0.4, 0.5) is 0 Å². The van der Waals surface area contributed by atoms with Gasteiger partial charge in [-0.05, 0) is 54.7 Å². The number of hydrogen-bond acceptors (Lipinski definition) is 4. The number of rotatable bonds is 3. The molecule has 3 aromatic rings. The van der Waals surface area contributed by atoms with Crippen LogP contribution in [0.5, 0.6) is 0 Å². The SMILES string of the molecule is Cc1ccc(C(=O)NC2CC2)cc1-c1ccc2c(C#N)nncc2c1. The third kappa shape index (κ3) is 2.94. The van der Waals surface area contributed by atoms with Crippen molar-refractivity contribution < 1.29 is 4.79 Å². The van der Waals surface area contributed by atoms with Gasteiger partial charge in [-0.15, -0.1) is 5.10 Å². The summed E-state index contributed by atoms with van der Waals surface area (Å²) in [6.07, 6.45) is 3.79. The fraction of sp³-hybridized carbons (Fsp3) is 0.200. The van der Waals surface area contributed by atoms with Crippen LogP contribution in [0.2, 0.25) is 0 Å². The lowest BCUT2D eigenvalue weighted by Crippen LogP contribution is -2.25. The molecule has 0 atom stereocenters. The van der Waals surface area contributed by atoms with Gasteiger partial charge in [0.2, 0.25) is 0 Å². The normalized spacial score (nSPS) is 13.4. The van der Waals surface area contributed by atoms with Gasteiger partial charge in [-0.2, -0.15) is 10.4 Å². The average Bonchev–Trinajstić information content (AvgIpc) is 3.45. The zero-order chi connectivity index (χ0) is 17.4. The van der Waals surface area contributed by atoms with Crippen LogP contribution in [0.15, 0.2) is 42.6 Å². The Kier molecular flexibility index (Phi) is 3.66. The number of carbonyl (C=O) groups excluding carboxylic acids is 1. The summed E-state index contributed by atoms with van der Waals surface area (Å²) in [4.78, 5) is 12.3. The van der Waals surface area contributed by atoms with Crippen LogP contribution >= 0.6 is 0 Å². The third-order valence-corrected chi connectivity index (χ3v) is 4.49.